The van der Waals surface area contributed by atoms with E-state index in [9.17, 15) is 5.11 Å². The summed E-state index contributed by atoms with van der Waals surface area (Å²) in [4.78, 5) is 7.33. The molecule has 6 nitrogen and oxygen atoms in total. The SMILES string of the molecule is COc1ccc2[nH]c(O)c(C=Nc3cc(OC)c(Cl)cc3OC)c2c1. The van der Waals surface area contributed by atoms with Crippen molar-refractivity contribution in [2.24, 2.45) is 4.99 Å². The fourth-order valence-electron chi connectivity index (χ4n) is 2.51. The number of halogens is 1. The number of hydrogen-bond acceptors (Lipinski definition) is 5. The first kappa shape index (κ1) is 17.0. The topological polar surface area (TPSA) is 76.1 Å². The van der Waals surface area contributed by atoms with Crippen LogP contribution in [0.15, 0.2) is 35.3 Å². The molecule has 7 heteroatoms. The molecule has 25 heavy (non-hydrogen) atoms. The van der Waals surface area contributed by atoms with Gasteiger partial charge in [0, 0.05) is 29.3 Å². The van der Waals surface area contributed by atoms with Crippen LogP contribution in [0.25, 0.3) is 10.9 Å². The smallest absolute Gasteiger partial charge is 0.198 e. The van der Waals surface area contributed by atoms with Crippen molar-refractivity contribution in [2.45, 2.75) is 0 Å². The zero-order valence-electron chi connectivity index (χ0n) is 14.0. The van der Waals surface area contributed by atoms with E-state index in [-0.39, 0.29) is 5.88 Å². The van der Waals surface area contributed by atoms with Gasteiger partial charge >= 0.3 is 0 Å². The molecule has 0 radical (unpaired) electrons. The van der Waals surface area contributed by atoms with E-state index in [4.69, 9.17) is 25.8 Å². The number of ether oxygens (including phenoxy) is 3. The lowest BCUT2D eigenvalue weighted by Crippen LogP contribution is -1.89. The first-order chi connectivity index (χ1) is 12.1. The predicted octanol–water partition coefficient (Wildman–Crippen LogP) is 4.30. The number of fused-ring (bicyclic) bond motifs is 1. The molecule has 0 spiro atoms. The molecule has 3 rings (SSSR count). The lowest BCUT2D eigenvalue weighted by Gasteiger charge is -2.08. The van der Waals surface area contributed by atoms with Crippen LogP contribution in [0, 0.1) is 0 Å². The van der Waals surface area contributed by atoms with Crippen molar-refractivity contribution < 1.29 is 19.3 Å². The Hall–Kier alpha value is -2.86. The van der Waals surface area contributed by atoms with Gasteiger partial charge in [0.2, 0.25) is 0 Å². The summed E-state index contributed by atoms with van der Waals surface area (Å²) in [6, 6.07) is 8.77. The van der Waals surface area contributed by atoms with E-state index < -0.39 is 0 Å². The lowest BCUT2D eigenvalue weighted by molar-refractivity contribution is 0.404. The molecule has 2 N–H and O–H groups in total. The molecule has 1 heterocycles. The van der Waals surface area contributed by atoms with Gasteiger partial charge in [0.15, 0.2) is 5.88 Å². The Labute approximate surface area is 149 Å². The van der Waals surface area contributed by atoms with Gasteiger partial charge in [-0.15, -0.1) is 0 Å². The molecule has 0 fully saturated rings. The number of hydrogen-bond donors (Lipinski definition) is 2. The van der Waals surface area contributed by atoms with Crippen molar-refractivity contribution in [1.29, 1.82) is 0 Å². The number of nitrogens with zero attached hydrogens (tertiary/aromatic N) is 1. The van der Waals surface area contributed by atoms with E-state index in [0.29, 0.717) is 33.5 Å². The predicted molar refractivity (Wildman–Crippen MR) is 98.3 cm³/mol. The van der Waals surface area contributed by atoms with Gasteiger partial charge in [0.25, 0.3) is 0 Å². The van der Waals surface area contributed by atoms with Crippen LogP contribution >= 0.6 is 11.6 Å². The maximum Gasteiger partial charge on any atom is 0.198 e. The van der Waals surface area contributed by atoms with Crippen LogP contribution in [-0.2, 0) is 0 Å². The van der Waals surface area contributed by atoms with Crippen LogP contribution in [0.3, 0.4) is 0 Å². The zero-order chi connectivity index (χ0) is 18.0. The fraction of sp³-hybridized carbons (Fsp3) is 0.167. The van der Waals surface area contributed by atoms with Gasteiger partial charge in [-0.2, -0.15) is 0 Å². The van der Waals surface area contributed by atoms with Crippen molar-refractivity contribution >= 4 is 34.4 Å². The molecule has 0 unspecified atom stereocenters. The number of aromatic amines is 1. The summed E-state index contributed by atoms with van der Waals surface area (Å²) in [6.07, 6.45) is 1.55. The van der Waals surface area contributed by atoms with E-state index in [1.807, 2.05) is 18.2 Å². The summed E-state index contributed by atoms with van der Waals surface area (Å²) >= 11 is 6.10. The Morgan fingerprint density at radius 3 is 2.48 bits per heavy atom. The second-order valence-corrected chi connectivity index (χ2v) is 5.62. The summed E-state index contributed by atoms with van der Waals surface area (Å²) in [5.41, 5.74) is 1.85. The van der Waals surface area contributed by atoms with Gasteiger partial charge in [-0.1, -0.05) is 11.6 Å². The minimum Gasteiger partial charge on any atom is -0.497 e. The van der Waals surface area contributed by atoms with Gasteiger partial charge in [-0.25, -0.2) is 0 Å². The third-order valence-corrected chi connectivity index (χ3v) is 4.11. The molecule has 130 valence electrons. The number of rotatable bonds is 5. The highest BCUT2D eigenvalue weighted by molar-refractivity contribution is 6.32. The van der Waals surface area contributed by atoms with Gasteiger partial charge in [-0.05, 0) is 18.2 Å². The monoisotopic (exact) mass is 360 g/mol. The number of aromatic hydroxyl groups is 1. The minimum atomic E-state index is 0.0203. The van der Waals surface area contributed by atoms with Crippen molar-refractivity contribution in [1.82, 2.24) is 4.98 Å². The molecule has 2 aromatic carbocycles. The van der Waals surface area contributed by atoms with Crippen LogP contribution in [-0.4, -0.2) is 37.6 Å². The zero-order valence-corrected chi connectivity index (χ0v) is 14.7. The summed E-state index contributed by atoms with van der Waals surface area (Å²) in [5, 5.41) is 11.4. The number of aromatic nitrogens is 1. The molecule has 0 amide bonds. The van der Waals surface area contributed by atoms with Gasteiger partial charge < -0.3 is 24.3 Å². The number of nitrogens with one attached hydrogen (secondary N) is 1. The average molecular weight is 361 g/mol. The van der Waals surface area contributed by atoms with Crippen molar-refractivity contribution in [3.63, 3.8) is 0 Å². The van der Waals surface area contributed by atoms with Crippen LogP contribution in [0.2, 0.25) is 5.02 Å². The molecule has 0 aliphatic heterocycles. The quantitative estimate of drug-likeness (QED) is 0.665. The minimum absolute atomic E-state index is 0.0203. The second-order valence-electron chi connectivity index (χ2n) is 5.22. The van der Waals surface area contributed by atoms with Gasteiger partial charge in [-0.3, -0.25) is 4.99 Å². The highest BCUT2D eigenvalue weighted by Gasteiger charge is 2.12. The Bertz CT molecular complexity index is 950. The summed E-state index contributed by atoms with van der Waals surface area (Å²) in [6.45, 7) is 0. The van der Waals surface area contributed by atoms with Crippen molar-refractivity contribution in [2.75, 3.05) is 21.3 Å². The first-order valence-electron chi connectivity index (χ1n) is 7.41. The summed E-state index contributed by atoms with van der Waals surface area (Å²) in [5.74, 6) is 1.69. The maximum absolute atomic E-state index is 10.2. The molecule has 0 aliphatic rings. The largest absolute Gasteiger partial charge is 0.497 e. The normalized spacial score (nSPS) is 11.2. The molecule has 0 saturated carbocycles. The number of methoxy groups -OCH3 is 3. The summed E-state index contributed by atoms with van der Waals surface area (Å²) in [7, 11) is 4.65. The van der Waals surface area contributed by atoms with E-state index in [1.54, 1.807) is 25.5 Å². The highest BCUT2D eigenvalue weighted by atomic mass is 35.5. The molecular weight excluding hydrogens is 344 g/mol. The Morgan fingerprint density at radius 2 is 1.80 bits per heavy atom. The Balaban J connectivity index is 2.08. The van der Waals surface area contributed by atoms with Crippen molar-refractivity contribution in [3.8, 4) is 23.1 Å². The number of H-pyrrole nitrogens is 1. The molecule has 0 aliphatic carbocycles. The number of benzene rings is 2. The molecule has 1 aromatic heterocycles. The lowest BCUT2D eigenvalue weighted by atomic mass is 10.1. The van der Waals surface area contributed by atoms with Crippen molar-refractivity contribution in [3.05, 3.63) is 40.9 Å². The average Bonchev–Trinajstić information content (AvgIpc) is 2.94. The van der Waals surface area contributed by atoms with E-state index in [0.717, 1.165) is 10.9 Å². The van der Waals surface area contributed by atoms with Crippen LogP contribution in [0.4, 0.5) is 5.69 Å². The van der Waals surface area contributed by atoms with Crippen LogP contribution in [0.1, 0.15) is 5.56 Å². The molecule has 3 aromatic rings. The summed E-state index contributed by atoms with van der Waals surface area (Å²) < 4.78 is 15.8. The maximum atomic E-state index is 10.2. The van der Waals surface area contributed by atoms with E-state index in [1.165, 1.54) is 14.2 Å². The van der Waals surface area contributed by atoms with Crippen LogP contribution in [0.5, 0.6) is 23.1 Å². The molecule has 0 atom stereocenters. The van der Waals surface area contributed by atoms with E-state index >= 15 is 0 Å². The standard InChI is InChI=1S/C18H17ClN2O4/c1-23-10-4-5-14-11(6-10)12(18(22)21-14)9-20-15-8-16(24-2)13(19)7-17(15)25-3/h4-9,21-22H,1-3H3. The fourth-order valence-corrected chi connectivity index (χ4v) is 2.75. The first-order valence-corrected chi connectivity index (χ1v) is 7.79. The number of aliphatic imine (C=N–C) groups is 1. The van der Waals surface area contributed by atoms with E-state index in [2.05, 4.69) is 9.98 Å². The molecular formula is C18H17ClN2O4. The third kappa shape index (κ3) is 3.21. The molecule has 0 bridgehead atoms. The Morgan fingerprint density at radius 1 is 1.04 bits per heavy atom. The Kier molecular flexibility index (Phi) is 4.72. The third-order valence-electron chi connectivity index (χ3n) is 3.81. The highest BCUT2D eigenvalue weighted by Crippen LogP contribution is 2.38. The van der Waals surface area contributed by atoms with Gasteiger partial charge in [0.1, 0.15) is 22.9 Å². The van der Waals surface area contributed by atoms with Gasteiger partial charge in [0.05, 0.1) is 31.9 Å². The molecule has 0 saturated heterocycles. The second kappa shape index (κ2) is 6.94. The van der Waals surface area contributed by atoms with Crippen LogP contribution < -0.4 is 14.2 Å².